The zero-order valence-corrected chi connectivity index (χ0v) is 43.5. The first-order valence-corrected chi connectivity index (χ1v) is 27.3. The van der Waals surface area contributed by atoms with Crippen molar-refractivity contribution >= 4 is 61.4 Å². The summed E-state index contributed by atoms with van der Waals surface area (Å²) in [6.45, 7) is 11.0. The first-order valence-electron chi connectivity index (χ1n) is 24.8. The molecule has 0 bridgehead atoms. The molecular weight excluding hydrogens is 933 g/mol. The van der Waals surface area contributed by atoms with E-state index in [4.69, 9.17) is 44.6 Å². The number of nitrogens with zero attached hydrogens (tertiary/aromatic N) is 4. The Morgan fingerprint density at radius 1 is 0.732 bits per heavy atom. The van der Waals surface area contributed by atoms with Gasteiger partial charge in [0.2, 0.25) is 0 Å². The number of rotatable bonds is 22. The van der Waals surface area contributed by atoms with E-state index in [1.807, 2.05) is 59.3 Å². The van der Waals surface area contributed by atoms with Crippen LogP contribution in [0.5, 0.6) is 17.2 Å². The molecule has 1 unspecified atom stereocenters. The van der Waals surface area contributed by atoms with Gasteiger partial charge >= 0.3 is 0 Å². The minimum Gasteiger partial charge on any atom is -0.493 e. The molecule has 0 aliphatic carbocycles. The highest BCUT2D eigenvalue weighted by Crippen LogP contribution is 2.42. The third-order valence-electron chi connectivity index (χ3n) is 14.3. The third-order valence-corrected chi connectivity index (χ3v) is 17.4. The molecule has 0 N–H and O–H groups in total. The van der Waals surface area contributed by atoms with Gasteiger partial charge in [0.1, 0.15) is 19.0 Å². The Kier molecular flexibility index (Phi) is 15.9. The van der Waals surface area contributed by atoms with E-state index in [0.717, 1.165) is 94.8 Å². The van der Waals surface area contributed by atoms with Crippen molar-refractivity contribution in [1.82, 2.24) is 0 Å². The number of hydrogen-bond acceptors (Lipinski definition) is 11. The number of aliphatic imine (C=N–C) groups is 1. The summed E-state index contributed by atoms with van der Waals surface area (Å²) in [6, 6.07) is 30.4. The van der Waals surface area contributed by atoms with E-state index in [1.165, 1.54) is 5.56 Å². The van der Waals surface area contributed by atoms with Gasteiger partial charge in [-0.1, -0.05) is 61.4 Å². The molecule has 4 aliphatic heterocycles. The van der Waals surface area contributed by atoms with Gasteiger partial charge < -0.3 is 38.2 Å². The van der Waals surface area contributed by atoms with Gasteiger partial charge in [-0.2, -0.15) is 0 Å². The monoisotopic (exact) mass is 998 g/mol. The lowest BCUT2D eigenvalue weighted by Gasteiger charge is -2.29. The molecule has 9 rings (SSSR count). The van der Waals surface area contributed by atoms with Gasteiger partial charge in [0.25, 0.3) is 11.8 Å². The largest absolute Gasteiger partial charge is 0.493 e. The second-order valence-corrected chi connectivity index (χ2v) is 23.0. The second-order valence-electron chi connectivity index (χ2n) is 19.5. The average Bonchev–Trinajstić information content (AvgIpc) is 3.86. The summed E-state index contributed by atoms with van der Waals surface area (Å²) in [5.74, 6) is 1.63. The maximum absolute atomic E-state index is 14.2. The van der Waals surface area contributed by atoms with E-state index in [2.05, 4.69) is 73.5 Å². The molecule has 4 aliphatic rings. The van der Waals surface area contributed by atoms with E-state index < -0.39 is 0 Å². The van der Waals surface area contributed by atoms with Crippen LogP contribution in [0.15, 0.2) is 96.0 Å². The topological polar surface area (TPSA) is 112 Å². The van der Waals surface area contributed by atoms with Crippen molar-refractivity contribution in [3.63, 3.8) is 0 Å². The van der Waals surface area contributed by atoms with Gasteiger partial charge in [0.15, 0.2) is 11.5 Å². The molecule has 3 atom stereocenters. The molecule has 0 saturated carbocycles. The van der Waals surface area contributed by atoms with Gasteiger partial charge in [0.05, 0.1) is 57.4 Å². The van der Waals surface area contributed by atoms with Gasteiger partial charge in [-0.3, -0.25) is 19.5 Å². The average molecular weight is 999 g/mol. The number of methoxy groups -OCH3 is 2. The predicted molar refractivity (Wildman–Crippen MR) is 287 cm³/mol. The van der Waals surface area contributed by atoms with Crippen LogP contribution in [0.2, 0.25) is 0 Å². The molecule has 0 saturated heterocycles. The summed E-state index contributed by atoms with van der Waals surface area (Å²) in [4.78, 5) is 39.4. The lowest BCUT2D eigenvalue weighted by atomic mass is 9.98. The van der Waals surface area contributed by atoms with Crippen molar-refractivity contribution in [3.05, 3.63) is 136 Å². The third kappa shape index (κ3) is 11.2. The smallest absolute Gasteiger partial charge is 0.261 e. The molecule has 12 nitrogen and oxygen atoms in total. The Bertz CT molecular complexity index is 2810. The van der Waals surface area contributed by atoms with Gasteiger partial charge in [0, 0.05) is 72.3 Å². The lowest BCUT2D eigenvalue weighted by Crippen LogP contribution is -2.37. The summed E-state index contributed by atoms with van der Waals surface area (Å²) < 4.78 is 36.2. The molecule has 374 valence electrons. The first-order chi connectivity index (χ1) is 34.4. The van der Waals surface area contributed by atoms with Crippen LogP contribution in [0.25, 0.3) is 0 Å². The predicted octanol–water partition coefficient (Wildman–Crippen LogP) is 9.72. The SMILES string of the molecule is COCCOCCOCCN(CCCC(C)(C)S(C)=S)c1cc(COc2cc3c(cc2C)C(=O)N2c4ccccc4C[C@H]2CC3)cc(COc2cc3c(cc2OC)C(=O)N2c4ccccc4C[C@H]2C=N3)c1. The number of hydrogen-bond donors (Lipinski definition) is 0. The standard InChI is InChI=1S/C57H66N4O8S2/c1-38-26-47-41(16-17-44-30-42-12-7-9-14-50(42)60(44)55(47)62)32-52(38)68-36-39-27-40(29-45(28-39)59(19-11-18-57(2,3)71(6)70)20-21-66-24-25-67-23-22-64-4)37-69-54-34-49-48(33-53(54)65-5)56(63)61-46(35-58-49)31-43-13-8-10-15-51(43)61/h7-10,12-15,26-29,32-35,44,46H,11,16-25,30-31,36-37H2,1-6H3/t44-,46+,71?/m1/s1. The summed E-state index contributed by atoms with van der Waals surface area (Å²) in [5, 5.41) is 0. The maximum Gasteiger partial charge on any atom is 0.261 e. The Morgan fingerprint density at radius 3 is 2.11 bits per heavy atom. The number of anilines is 3. The highest BCUT2D eigenvalue weighted by Gasteiger charge is 2.38. The van der Waals surface area contributed by atoms with Crippen LogP contribution in [0, 0.1) is 6.92 Å². The number of benzene rings is 5. The van der Waals surface area contributed by atoms with Crippen LogP contribution < -0.4 is 28.9 Å². The molecule has 0 spiro atoms. The number of carbonyl (C=O) groups excluding carboxylic acids is 2. The van der Waals surface area contributed by atoms with Crippen LogP contribution in [-0.4, -0.2) is 101 Å². The van der Waals surface area contributed by atoms with Crippen molar-refractivity contribution in [3.8, 4) is 17.2 Å². The molecule has 71 heavy (non-hydrogen) atoms. The van der Waals surface area contributed by atoms with Crippen molar-refractivity contribution in [2.45, 2.75) is 89.3 Å². The highest BCUT2D eigenvalue weighted by atomic mass is 32.8. The maximum atomic E-state index is 14.2. The van der Waals surface area contributed by atoms with E-state index in [9.17, 15) is 9.59 Å². The Hall–Kier alpha value is -5.64. The molecule has 0 aromatic heterocycles. The Labute approximate surface area is 425 Å². The minimum atomic E-state index is -0.173. The van der Waals surface area contributed by atoms with Crippen LogP contribution in [0.3, 0.4) is 0 Å². The van der Waals surface area contributed by atoms with Gasteiger partial charge in [-0.25, -0.2) is 0 Å². The fourth-order valence-corrected chi connectivity index (χ4v) is 10.8. The molecule has 4 heterocycles. The normalized spacial score (nSPS) is 17.1. The summed E-state index contributed by atoms with van der Waals surface area (Å²) >= 11 is 5.77. The summed E-state index contributed by atoms with van der Waals surface area (Å²) in [7, 11) is 3.10. The molecule has 0 radical (unpaired) electrons. The molecule has 5 aromatic carbocycles. The van der Waals surface area contributed by atoms with Crippen LogP contribution in [0.1, 0.15) is 87.2 Å². The van der Waals surface area contributed by atoms with E-state index in [0.29, 0.717) is 75.4 Å². The highest BCUT2D eigenvalue weighted by molar-refractivity contribution is 8.29. The number of aryl methyl sites for hydroxylation is 2. The van der Waals surface area contributed by atoms with Crippen LogP contribution >= 0.6 is 0 Å². The van der Waals surface area contributed by atoms with E-state index >= 15 is 0 Å². The number of fused-ring (bicyclic) bond motifs is 8. The fraction of sp³-hybridized carbons (Fsp3) is 0.421. The summed E-state index contributed by atoms with van der Waals surface area (Å²) in [6.07, 6.45) is 9.20. The van der Waals surface area contributed by atoms with Crippen LogP contribution in [-0.2, 0) is 67.3 Å². The quantitative estimate of drug-likeness (QED) is 0.0622. The molecular formula is C57H66N4O8S2. The summed E-state index contributed by atoms with van der Waals surface area (Å²) in [5.41, 5.74) is 10.9. The van der Waals surface area contributed by atoms with Crippen molar-refractivity contribution in [2.75, 3.05) is 81.3 Å². The second kappa shape index (κ2) is 22.4. The number of amides is 2. The first kappa shape index (κ1) is 50.3. The zero-order valence-electron chi connectivity index (χ0n) is 41.9. The van der Waals surface area contributed by atoms with Crippen LogP contribution in [0.4, 0.5) is 22.7 Å². The minimum absolute atomic E-state index is 0.0328. The number of para-hydroxylation sites is 2. The van der Waals surface area contributed by atoms with Crippen molar-refractivity contribution in [1.29, 1.82) is 0 Å². The Morgan fingerprint density at radius 2 is 1.39 bits per heavy atom. The number of carbonyl (C=O) groups is 2. The fourth-order valence-electron chi connectivity index (χ4n) is 10.2. The zero-order chi connectivity index (χ0) is 49.6. The van der Waals surface area contributed by atoms with Gasteiger partial charge in [-0.15, -0.1) is 9.45 Å². The molecule has 5 aromatic rings. The van der Waals surface area contributed by atoms with Gasteiger partial charge in [-0.05, 0) is 127 Å². The molecule has 0 fully saturated rings. The van der Waals surface area contributed by atoms with E-state index in [1.54, 1.807) is 20.3 Å². The van der Waals surface area contributed by atoms with Crippen molar-refractivity contribution < 1.29 is 38.0 Å². The van der Waals surface area contributed by atoms with Crippen molar-refractivity contribution in [2.24, 2.45) is 4.99 Å². The lowest BCUT2D eigenvalue weighted by molar-refractivity contribution is 0.0264. The van der Waals surface area contributed by atoms with E-state index in [-0.39, 0.29) is 44.7 Å². The Balaban J connectivity index is 0.987. The molecule has 2 amide bonds. The number of ether oxygens (including phenoxy) is 6. The molecule has 14 heteroatoms.